The molecule has 0 aliphatic rings. The van der Waals surface area contributed by atoms with Crippen molar-refractivity contribution in [1.29, 1.82) is 0 Å². The summed E-state index contributed by atoms with van der Waals surface area (Å²) in [5.74, 6) is -1.09. The Morgan fingerprint density at radius 1 is 1.42 bits per heavy atom. The number of rotatable bonds is 5. The molecule has 0 bridgehead atoms. The minimum absolute atomic E-state index is 0.0163. The molecule has 4 nitrogen and oxygen atoms in total. The molecule has 1 aromatic carbocycles. The van der Waals surface area contributed by atoms with Crippen molar-refractivity contribution in [3.8, 4) is 0 Å². The molecule has 2 unspecified atom stereocenters. The highest BCUT2D eigenvalue weighted by Crippen LogP contribution is 2.17. The Hall–Kier alpha value is -1.62. The second-order valence-electron chi connectivity index (χ2n) is 4.98. The summed E-state index contributed by atoms with van der Waals surface area (Å²) in [7, 11) is 3.61. The van der Waals surface area contributed by atoms with E-state index in [0.717, 1.165) is 0 Å². The molecule has 0 saturated heterocycles. The number of nitrogens with zero attached hydrogens (tertiary/aromatic N) is 1. The molecule has 1 amide bonds. The van der Waals surface area contributed by atoms with E-state index >= 15 is 0 Å². The van der Waals surface area contributed by atoms with E-state index in [-0.39, 0.29) is 24.1 Å². The van der Waals surface area contributed by atoms with Crippen LogP contribution in [0.3, 0.4) is 0 Å². The van der Waals surface area contributed by atoms with Gasteiger partial charge in [-0.05, 0) is 31.0 Å². The predicted molar refractivity (Wildman–Crippen MR) is 73.9 cm³/mol. The van der Waals surface area contributed by atoms with Crippen LogP contribution in [0.5, 0.6) is 0 Å². The van der Waals surface area contributed by atoms with Gasteiger partial charge in [0.25, 0.3) is 5.91 Å². The van der Waals surface area contributed by atoms with Crippen LogP contribution in [0.2, 0.25) is 0 Å². The number of halogens is 1. The third-order valence-electron chi connectivity index (χ3n) is 3.21. The first-order chi connectivity index (χ1) is 8.86. The Bertz CT molecular complexity index is 449. The average molecular weight is 268 g/mol. The van der Waals surface area contributed by atoms with Gasteiger partial charge in [-0.2, -0.15) is 0 Å². The first-order valence-corrected chi connectivity index (χ1v) is 6.25. The third kappa shape index (κ3) is 3.92. The van der Waals surface area contributed by atoms with Gasteiger partial charge in [-0.3, -0.25) is 4.79 Å². The van der Waals surface area contributed by atoms with Gasteiger partial charge in [0.15, 0.2) is 0 Å². The van der Waals surface area contributed by atoms with E-state index in [1.54, 1.807) is 32.0 Å². The zero-order valence-corrected chi connectivity index (χ0v) is 11.8. The van der Waals surface area contributed by atoms with Gasteiger partial charge in [0, 0.05) is 32.4 Å². The Morgan fingerprint density at radius 3 is 2.53 bits per heavy atom. The molecule has 0 aliphatic heterocycles. The molecule has 0 saturated carbocycles. The molecule has 106 valence electrons. The van der Waals surface area contributed by atoms with Crippen LogP contribution in [0.1, 0.15) is 24.2 Å². The van der Waals surface area contributed by atoms with Crippen molar-refractivity contribution in [3.63, 3.8) is 0 Å². The van der Waals surface area contributed by atoms with Crippen molar-refractivity contribution >= 4 is 11.6 Å². The van der Waals surface area contributed by atoms with Crippen LogP contribution >= 0.6 is 0 Å². The number of hydrogen-bond acceptors (Lipinski definition) is 3. The van der Waals surface area contributed by atoms with E-state index in [4.69, 9.17) is 5.11 Å². The standard InChI is InChI=1S/C14H21FN2O2/c1-9(8-18)10(2)16-14(19)12-6-5-11(17(3)4)7-13(12)15/h5-7,9-10,18H,8H2,1-4H3,(H,16,19). The minimum atomic E-state index is -0.549. The highest BCUT2D eigenvalue weighted by molar-refractivity contribution is 5.95. The van der Waals surface area contributed by atoms with Gasteiger partial charge in [-0.25, -0.2) is 4.39 Å². The lowest BCUT2D eigenvalue weighted by molar-refractivity contribution is 0.0912. The van der Waals surface area contributed by atoms with Crippen LogP contribution in [0, 0.1) is 11.7 Å². The van der Waals surface area contributed by atoms with Gasteiger partial charge in [-0.15, -0.1) is 0 Å². The molecular weight excluding hydrogens is 247 g/mol. The quantitative estimate of drug-likeness (QED) is 0.853. The maximum Gasteiger partial charge on any atom is 0.254 e. The normalized spacial score (nSPS) is 13.8. The summed E-state index contributed by atoms with van der Waals surface area (Å²) in [6.45, 7) is 3.57. The zero-order chi connectivity index (χ0) is 14.6. The van der Waals surface area contributed by atoms with E-state index in [2.05, 4.69) is 5.32 Å². The number of hydrogen-bond donors (Lipinski definition) is 2. The van der Waals surface area contributed by atoms with Gasteiger partial charge in [0.05, 0.1) is 5.56 Å². The fraction of sp³-hybridized carbons (Fsp3) is 0.500. The van der Waals surface area contributed by atoms with E-state index in [1.165, 1.54) is 12.1 Å². The molecule has 0 spiro atoms. The Labute approximate surface area is 113 Å². The third-order valence-corrected chi connectivity index (χ3v) is 3.21. The predicted octanol–water partition coefficient (Wildman–Crippen LogP) is 1.64. The minimum Gasteiger partial charge on any atom is -0.396 e. The summed E-state index contributed by atoms with van der Waals surface area (Å²) >= 11 is 0. The number of aliphatic hydroxyl groups excluding tert-OH is 1. The molecule has 1 rings (SSSR count). The summed E-state index contributed by atoms with van der Waals surface area (Å²) in [5.41, 5.74) is 0.716. The second-order valence-corrected chi connectivity index (χ2v) is 4.98. The molecule has 0 fully saturated rings. The molecule has 5 heteroatoms. The molecule has 1 aromatic rings. The molecular formula is C14H21FN2O2. The van der Waals surface area contributed by atoms with Crippen LogP contribution in [-0.2, 0) is 0 Å². The molecule has 2 N–H and O–H groups in total. The van der Waals surface area contributed by atoms with Crippen LogP contribution in [0.4, 0.5) is 10.1 Å². The summed E-state index contributed by atoms with van der Waals surface area (Å²) < 4.78 is 13.9. The smallest absolute Gasteiger partial charge is 0.254 e. The van der Waals surface area contributed by atoms with Crippen LogP contribution in [0.15, 0.2) is 18.2 Å². The maximum atomic E-state index is 13.9. The van der Waals surface area contributed by atoms with Crippen LogP contribution in [-0.4, -0.2) is 37.8 Å². The van der Waals surface area contributed by atoms with Gasteiger partial charge in [0.2, 0.25) is 0 Å². The second kappa shape index (κ2) is 6.52. The highest BCUT2D eigenvalue weighted by atomic mass is 19.1. The number of anilines is 1. The highest BCUT2D eigenvalue weighted by Gasteiger charge is 2.18. The summed E-state index contributed by atoms with van der Waals surface area (Å²) in [5, 5.41) is 11.7. The van der Waals surface area contributed by atoms with Crippen molar-refractivity contribution in [2.75, 3.05) is 25.6 Å². The van der Waals surface area contributed by atoms with Gasteiger partial charge in [-0.1, -0.05) is 6.92 Å². The number of amides is 1. The first-order valence-electron chi connectivity index (χ1n) is 6.25. The van der Waals surface area contributed by atoms with Crippen molar-refractivity contribution in [3.05, 3.63) is 29.6 Å². The van der Waals surface area contributed by atoms with Crippen molar-refractivity contribution in [1.82, 2.24) is 5.32 Å². The van der Waals surface area contributed by atoms with Gasteiger partial charge < -0.3 is 15.3 Å². The van der Waals surface area contributed by atoms with Crippen molar-refractivity contribution in [2.24, 2.45) is 5.92 Å². The van der Waals surface area contributed by atoms with E-state index in [0.29, 0.717) is 5.69 Å². The summed E-state index contributed by atoms with van der Waals surface area (Å²) in [4.78, 5) is 13.7. The number of carbonyl (C=O) groups is 1. The number of nitrogens with one attached hydrogen (secondary N) is 1. The fourth-order valence-electron chi connectivity index (χ4n) is 1.55. The van der Waals surface area contributed by atoms with E-state index in [9.17, 15) is 9.18 Å². The summed E-state index contributed by atoms with van der Waals surface area (Å²) in [6, 6.07) is 4.27. The van der Waals surface area contributed by atoms with E-state index < -0.39 is 11.7 Å². The Kier molecular flexibility index (Phi) is 5.30. The van der Waals surface area contributed by atoms with Gasteiger partial charge >= 0.3 is 0 Å². The summed E-state index contributed by atoms with van der Waals surface area (Å²) in [6.07, 6.45) is 0. The Morgan fingerprint density at radius 2 is 2.05 bits per heavy atom. The molecule has 0 radical (unpaired) electrons. The molecule has 0 aromatic heterocycles. The van der Waals surface area contributed by atoms with Crippen molar-refractivity contribution in [2.45, 2.75) is 19.9 Å². The molecule has 0 aliphatic carbocycles. The number of benzene rings is 1. The average Bonchev–Trinajstić information content (AvgIpc) is 2.37. The van der Waals surface area contributed by atoms with Gasteiger partial charge in [0.1, 0.15) is 5.82 Å². The first kappa shape index (κ1) is 15.4. The molecule has 19 heavy (non-hydrogen) atoms. The topological polar surface area (TPSA) is 52.6 Å². The largest absolute Gasteiger partial charge is 0.396 e. The van der Waals surface area contributed by atoms with Crippen LogP contribution < -0.4 is 10.2 Å². The number of carbonyl (C=O) groups excluding carboxylic acids is 1. The SMILES string of the molecule is CC(CO)C(C)NC(=O)c1ccc(N(C)C)cc1F. The fourth-order valence-corrected chi connectivity index (χ4v) is 1.55. The monoisotopic (exact) mass is 268 g/mol. The lowest BCUT2D eigenvalue weighted by Crippen LogP contribution is -2.38. The van der Waals surface area contributed by atoms with Crippen molar-refractivity contribution < 1.29 is 14.3 Å². The lowest BCUT2D eigenvalue weighted by atomic mass is 10.0. The zero-order valence-electron chi connectivity index (χ0n) is 11.8. The van der Waals surface area contributed by atoms with Crippen LogP contribution in [0.25, 0.3) is 0 Å². The van der Waals surface area contributed by atoms with E-state index in [1.807, 2.05) is 6.92 Å². The Balaban J connectivity index is 2.83. The number of aliphatic hydroxyl groups is 1. The molecule has 0 heterocycles. The molecule has 2 atom stereocenters. The maximum absolute atomic E-state index is 13.9. The lowest BCUT2D eigenvalue weighted by Gasteiger charge is -2.20.